The lowest BCUT2D eigenvalue weighted by molar-refractivity contribution is -0.363. The molecule has 2 amide bonds. The summed E-state index contributed by atoms with van der Waals surface area (Å²) in [7, 11) is 0. The molecule has 0 bridgehead atoms. The van der Waals surface area contributed by atoms with E-state index in [1.165, 1.54) is 0 Å². The van der Waals surface area contributed by atoms with Crippen molar-refractivity contribution in [3.8, 4) is 0 Å². The van der Waals surface area contributed by atoms with Gasteiger partial charge in [0.1, 0.15) is 55.1 Å². The highest BCUT2D eigenvalue weighted by Crippen LogP contribution is 2.70. The van der Waals surface area contributed by atoms with E-state index in [1.54, 1.807) is 24.3 Å². The zero-order chi connectivity index (χ0) is 51.4. The smallest absolute Gasteiger partial charge is 0.407 e. The fourth-order valence-corrected chi connectivity index (χ4v) is 15.1. The minimum absolute atomic E-state index is 0.0624. The van der Waals surface area contributed by atoms with Gasteiger partial charge in [0.2, 0.25) is 0 Å². The van der Waals surface area contributed by atoms with Gasteiger partial charge in [0.15, 0.2) is 24.5 Å². The summed E-state index contributed by atoms with van der Waals surface area (Å²) in [4.78, 5) is 40.5. The molecule has 4 saturated heterocycles. The summed E-state index contributed by atoms with van der Waals surface area (Å²) < 4.78 is 49.1. The second-order valence-electron chi connectivity index (χ2n) is 23.2. The lowest BCUT2D eigenvalue weighted by Crippen LogP contribution is -2.65. The summed E-state index contributed by atoms with van der Waals surface area (Å²) in [5.74, 6) is 1.62. The van der Waals surface area contributed by atoms with E-state index >= 15 is 0 Å². The third-order valence-electron chi connectivity index (χ3n) is 18.8. The van der Waals surface area contributed by atoms with Gasteiger partial charge in [-0.2, -0.15) is 0 Å². The van der Waals surface area contributed by atoms with E-state index < -0.39 is 92.6 Å². The first-order valence-corrected chi connectivity index (χ1v) is 26.7. The van der Waals surface area contributed by atoms with Gasteiger partial charge in [-0.25, -0.2) is 9.59 Å². The van der Waals surface area contributed by atoms with Crippen LogP contribution >= 0.6 is 0 Å². The molecule has 18 heteroatoms. The second-order valence-corrected chi connectivity index (χ2v) is 23.2. The first kappa shape index (κ1) is 52.6. The first-order chi connectivity index (χ1) is 35.0. The lowest BCUT2D eigenvalue weighted by atomic mass is 9.44. The van der Waals surface area contributed by atoms with E-state index in [-0.39, 0.29) is 65.7 Å². The number of rotatable bonds is 12. The molecule has 0 radical (unpaired) electrons. The van der Waals surface area contributed by atoms with Crippen LogP contribution in [0.1, 0.15) is 96.6 Å². The maximum atomic E-state index is 14.7. The molecule has 8 aliphatic rings. The Morgan fingerprint density at radius 2 is 1.38 bits per heavy atom. The number of carbonyl (C=O) groups is 3. The zero-order valence-electron chi connectivity index (χ0n) is 42.4. The molecule has 18 nitrogen and oxygen atoms in total. The fraction of sp³-hybridized carbons (Fsp3) is 0.727. The van der Waals surface area contributed by atoms with Gasteiger partial charge >= 0.3 is 12.2 Å². The number of nitrogens with one attached hydrogen (secondary N) is 2. The number of aliphatic hydroxyl groups is 5. The number of Topliss-reactive ketones (excluding diaryl/α,β-unsaturated/α-hetero) is 1. The highest BCUT2D eigenvalue weighted by molar-refractivity contribution is 5.84. The molecule has 22 atom stereocenters. The van der Waals surface area contributed by atoms with Crippen LogP contribution in [0.2, 0.25) is 0 Å². The van der Waals surface area contributed by atoms with Gasteiger partial charge in [-0.15, -0.1) is 0 Å². The summed E-state index contributed by atoms with van der Waals surface area (Å²) in [5, 5.41) is 61.8. The minimum Gasteiger partial charge on any atom is -0.447 e. The van der Waals surface area contributed by atoms with Gasteiger partial charge < -0.3 is 74.1 Å². The number of hydrogen-bond acceptors (Lipinski definition) is 16. The average Bonchev–Trinajstić information content (AvgIpc) is 3.83. The first-order valence-electron chi connectivity index (χ1n) is 26.7. The molecule has 2 aromatic carbocycles. The Balaban J connectivity index is 0.762. The number of hydrogen-bond donors (Lipinski definition) is 7. The van der Waals surface area contributed by atoms with E-state index in [4.69, 9.17) is 37.9 Å². The maximum absolute atomic E-state index is 14.7. The number of amides is 2. The monoisotopic (exact) mass is 1020 g/mol. The molecule has 4 aliphatic heterocycles. The Kier molecular flexibility index (Phi) is 15.4. The van der Waals surface area contributed by atoms with Crippen LogP contribution in [0.3, 0.4) is 0 Å². The Morgan fingerprint density at radius 1 is 0.740 bits per heavy atom. The molecule has 10 rings (SSSR count). The fourth-order valence-electron chi connectivity index (χ4n) is 15.1. The molecular weight excluding hydrogens is 945 g/mol. The number of alkyl carbamates (subject to hydrolysis) is 2. The predicted octanol–water partition coefficient (Wildman–Crippen LogP) is 4.49. The van der Waals surface area contributed by atoms with Crippen molar-refractivity contribution >= 4 is 18.0 Å². The van der Waals surface area contributed by atoms with Crippen LogP contribution < -0.4 is 10.6 Å². The molecule has 7 N–H and O–H groups in total. The van der Waals surface area contributed by atoms with Crippen LogP contribution in [-0.4, -0.2) is 143 Å². The van der Waals surface area contributed by atoms with Crippen molar-refractivity contribution in [3.63, 3.8) is 0 Å². The summed E-state index contributed by atoms with van der Waals surface area (Å²) in [6.45, 7) is 8.84. The van der Waals surface area contributed by atoms with Crippen LogP contribution in [0.4, 0.5) is 9.59 Å². The number of aliphatic hydroxyl groups excluding tert-OH is 5. The van der Waals surface area contributed by atoms with Crippen molar-refractivity contribution in [2.24, 2.45) is 52.3 Å². The van der Waals surface area contributed by atoms with Gasteiger partial charge in [-0.3, -0.25) is 4.79 Å². The molecule has 4 aliphatic carbocycles. The highest BCUT2D eigenvalue weighted by atomic mass is 16.8. The SMILES string of the molecule is C[C@@H]1CC[C@@]2(OC1)OC1CC3C4CC[C@H]5C[C@@H](O[C@@H]6O[C@@H](CO)[C@@H](O[C@@H]7O[C@@H](COC(=O)NCc8ccccc8)[C@@H](OC(=O)NCc8ccccc8)[C@H](O)[C@@H]7O)[C@H](O)[C@@H]6O)CC[C@]5(C)C4C(=O)C[C@]3(C)C1[C@@H]2C. The molecule has 73 heavy (non-hydrogen) atoms. The molecule has 4 saturated carbocycles. The van der Waals surface area contributed by atoms with Crippen molar-refractivity contribution < 1.29 is 77.8 Å². The highest BCUT2D eigenvalue weighted by Gasteiger charge is 2.71. The van der Waals surface area contributed by atoms with Crippen LogP contribution in [0.15, 0.2) is 60.7 Å². The average molecular weight is 1020 g/mol. The van der Waals surface area contributed by atoms with Crippen LogP contribution in [-0.2, 0) is 55.8 Å². The van der Waals surface area contributed by atoms with Gasteiger partial charge in [0, 0.05) is 37.8 Å². The molecule has 1 spiro atoms. The summed E-state index contributed by atoms with van der Waals surface area (Å²) >= 11 is 0. The van der Waals surface area contributed by atoms with Gasteiger partial charge in [-0.1, -0.05) is 88.4 Å². The largest absolute Gasteiger partial charge is 0.447 e. The van der Waals surface area contributed by atoms with Gasteiger partial charge in [0.05, 0.1) is 25.4 Å². The van der Waals surface area contributed by atoms with E-state index in [9.17, 15) is 39.9 Å². The Labute approximate surface area is 427 Å². The summed E-state index contributed by atoms with van der Waals surface area (Å²) in [6, 6.07) is 18.1. The molecule has 4 heterocycles. The molecule has 5 unspecified atom stereocenters. The Hall–Kier alpha value is -3.79. The number of carbonyl (C=O) groups excluding carboxylic acids is 3. The third-order valence-corrected chi connectivity index (χ3v) is 18.8. The Morgan fingerprint density at radius 3 is 2.04 bits per heavy atom. The van der Waals surface area contributed by atoms with Crippen molar-refractivity contribution in [2.75, 3.05) is 19.8 Å². The quantitative estimate of drug-likeness (QED) is 0.145. The van der Waals surface area contributed by atoms with E-state index in [0.717, 1.165) is 49.7 Å². The molecule has 402 valence electrons. The minimum atomic E-state index is -1.90. The van der Waals surface area contributed by atoms with Crippen molar-refractivity contribution in [1.82, 2.24) is 10.6 Å². The topological polar surface area (TPSA) is 250 Å². The van der Waals surface area contributed by atoms with E-state index in [1.807, 2.05) is 36.4 Å². The number of benzene rings is 2. The van der Waals surface area contributed by atoms with Crippen molar-refractivity contribution in [3.05, 3.63) is 71.8 Å². The van der Waals surface area contributed by atoms with E-state index in [2.05, 4.69) is 38.3 Å². The van der Waals surface area contributed by atoms with Crippen LogP contribution in [0.5, 0.6) is 0 Å². The van der Waals surface area contributed by atoms with Crippen LogP contribution in [0.25, 0.3) is 0 Å². The molecular formula is C55H76N2O16. The van der Waals surface area contributed by atoms with Crippen LogP contribution in [0, 0.1) is 52.3 Å². The summed E-state index contributed by atoms with van der Waals surface area (Å²) in [5.41, 5.74) is 1.20. The van der Waals surface area contributed by atoms with E-state index in [0.29, 0.717) is 43.5 Å². The zero-order valence-corrected chi connectivity index (χ0v) is 42.4. The van der Waals surface area contributed by atoms with Crippen molar-refractivity contribution in [1.29, 1.82) is 0 Å². The number of fused-ring (bicyclic) bond motifs is 7. The maximum Gasteiger partial charge on any atom is 0.407 e. The Bertz CT molecular complexity index is 2230. The molecule has 0 aromatic heterocycles. The predicted molar refractivity (Wildman–Crippen MR) is 258 cm³/mol. The standard InChI is InChI=1S/C55H76N2O16/c1-29-17-20-55(67-27-29)30(2)41-38(73-55)22-36-35-16-15-33-21-34(18-19-53(33,3)42(35)37(59)23-54(36,41)4)68-49-45(62)43(60)47(39(26-58)69-49)71-50-46(63)44(61)48(72-52(65)57-25-32-13-9-6-10-14-32)40(70-50)28-66-51(64)56-24-31-11-7-5-8-12-31/h5-14,29-30,33-36,38-50,58,60-63H,15-28H2,1-4H3,(H,56,64)(H,57,65)/t29-,30+,33+,34+,35?,36?,38?,39+,40+,41?,42?,43-,44-,45+,46+,47-,48-,49-,50+,53+,54+,55-/m1/s1. The summed E-state index contributed by atoms with van der Waals surface area (Å²) in [6.07, 6.45) is -10.8. The lowest BCUT2D eigenvalue weighted by Gasteiger charge is -2.60. The van der Waals surface area contributed by atoms with Gasteiger partial charge in [0.25, 0.3) is 0 Å². The third kappa shape index (κ3) is 10.1. The molecule has 8 fully saturated rings. The van der Waals surface area contributed by atoms with Crippen molar-refractivity contribution in [2.45, 2.75) is 178 Å². The second kappa shape index (κ2) is 21.3. The number of ketones is 1. The number of ether oxygens (including phenoxy) is 8. The van der Waals surface area contributed by atoms with Gasteiger partial charge in [-0.05, 0) is 96.5 Å². The normalized spacial score (nSPS) is 45.1. The molecule has 2 aromatic rings.